The second-order valence-electron chi connectivity index (χ2n) is 2.37. The Labute approximate surface area is 74.9 Å². The topological polar surface area (TPSA) is 20.3 Å². The van der Waals surface area contributed by atoms with Crippen molar-refractivity contribution >= 4 is 5.91 Å². The first-order chi connectivity index (χ1) is 5.84. The molecule has 1 saturated heterocycles. The fourth-order valence-corrected chi connectivity index (χ4v) is 1.11. The summed E-state index contributed by atoms with van der Waals surface area (Å²) in [7, 11) is 0. The van der Waals surface area contributed by atoms with Crippen LogP contribution in [-0.4, -0.2) is 23.9 Å². The molecule has 0 aromatic rings. The van der Waals surface area contributed by atoms with Crippen molar-refractivity contribution in [3.8, 4) is 11.8 Å². The van der Waals surface area contributed by atoms with Crippen LogP contribution in [0.2, 0.25) is 0 Å². The summed E-state index contributed by atoms with van der Waals surface area (Å²) in [6.07, 6.45) is 2.27. The van der Waals surface area contributed by atoms with Crippen molar-refractivity contribution in [3.63, 3.8) is 0 Å². The first-order valence-corrected chi connectivity index (χ1v) is 4.56. The van der Waals surface area contributed by atoms with Crippen LogP contribution in [-0.2, 0) is 4.79 Å². The van der Waals surface area contributed by atoms with E-state index in [2.05, 4.69) is 11.8 Å². The number of rotatable bonds is 0. The molecular formula is C10H17NO. The van der Waals surface area contributed by atoms with Gasteiger partial charge in [0.05, 0.1) is 0 Å². The van der Waals surface area contributed by atoms with Gasteiger partial charge in [-0.3, -0.25) is 4.79 Å². The molecule has 0 aromatic carbocycles. The first kappa shape index (κ1) is 11.0. The molecule has 0 aromatic heterocycles. The van der Waals surface area contributed by atoms with Crippen LogP contribution in [0.1, 0.15) is 33.6 Å². The van der Waals surface area contributed by atoms with Crippen LogP contribution in [0.3, 0.4) is 0 Å². The Morgan fingerprint density at radius 2 is 1.75 bits per heavy atom. The highest BCUT2D eigenvalue weighted by Gasteiger charge is 2.14. The van der Waals surface area contributed by atoms with E-state index >= 15 is 0 Å². The Balaban J connectivity index is 0.000000561. The molecule has 0 bridgehead atoms. The van der Waals surface area contributed by atoms with Crippen molar-refractivity contribution in [2.45, 2.75) is 33.6 Å². The van der Waals surface area contributed by atoms with E-state index in [4.69, 9.17) is 0 Å². The van der Waals surface area contributed by atoms with Crippen molar-refractivity contribution in [2.24, 2.45) is 0 Å². The maximum Gasteiger partial charge on any atom is 0.298 e. The molecule has 1 amide bonds. The molecule has 0 aliphatic carbocycles. The summed E-state index contributed by atoms with van der Waals surface area (Å²) in [5.41, 5.74) is 0. The Morgan fingerprint density at radius 1 is 1.25 bits per heavy atom. The zero-order valence-electron chi connectivity index (χ0n) is 8.18. The monoisotopic (exact) mass is 167 g/mol. The number of nitrogens with zero attached hydrogens (tertiary/aromatic N) is 1. The maximum atomic E-state index is 11.0. The Morgan fingerprint density at radius 3 is 2.17 bits per heavy atom. The average molecular weight is 167 g/mol. The highest BCUT2D eigenvalue weighted by atomic mass is 16.2. The highest BCUT2D eigenvalue weighted by Crippen LogP contribution is 2.06. The third-order valence-electron chi connectivity index (χ3n) is 1.63. The quantitative estimate of drug-likeness (QED) is 0.502. The lowest BCUT2D eigenvalue weighted by atomic mass is 10.4. The summed E-state index contributed by atoms with van der Waals surface area (Å²) in [6.45, 7) is 7.48. The molecule has 0 radical (unpaired) electrons. The van der Waals surface area contributed by atoms with Crippen LogP contribution in [0.25, 0.3) is 0 Å². The van der Waals surface area contributed by atoms with Gasteiger partial charge in [0.1, 0.15) is 0 Å². The Bertz CT molecular complexity index is 182. The minimum Gasteiger partial charge on any atom is -0.332 e. The van der Waals surface area contributed by atoms with Crippen molar-refractivity contribution < 1.29 is 4.79 Å². The molecule has 12 heavy (non-hydrogen) atoms. The van der Waals surface area contributed by atoms with Gasteiger partial charge < -0.3 is 4.90 Å². The first-order valence-electron chi connectivity index (χ1n) is 4.56. The molecule has 2 nitrogen and oxygen atoms in total. The van der Waals surface area contributed by atoms with Gasteiger partial charge in [-0.25, -0.2) is 0 Å². The summed E-state index contributed by atoms with van der Waals surface area (Å²) in [6, 6.07) is 0. The molecule has 68 valence electrons. The van der Waals surface area contributed by atoms with Gasteiger partial charge >= 0.3 is 0 Å². The van der Waals surface area contributed by atoms with Gasteiger partial charge in [0.15, 0.2) is 0 Å². The smallest absolute Gasteiger partial charge is 0.298 e. The van der Waals surface area contributed by atoms with Gasteiger partial charge in [-0.05, 0) is 25.7 Å². The molecule has 0 spiro atoms. The molecule has 0 unspecified atom stereocenters. The molecule has 1 aliphatic heterocycles. The molecule has 0 N–H and O–H groups in total. The molecule has 1 fully saturated rings. The molecule has 1 aliphatic rings. The number of carbonyl (C=O) groups excluding carboxylic acids is 1. The Hall–Kier alpha value is -0.970. The molecule has 0 saturated carbocycles. The third-order valence-corrected chi connectivity index (χ3v) is 1.63. The van der Waals surface area contributed by atoms with E-state index in [9.17, 15) is 4.79 Å². The fraction of sp³-hybridized carbons (Fsp3) is 0.700. The van der Waals surface area contributed by atoms with E-state index in [0.717, 1.165) is 25.9 Å². The average Bonchev–Trinajstić information content (AvgIpc) is 2.60. The summed E-state index contributed by atoms with van der Waals surface area (Å²) < 4.78 is 0. The zero-order chi connectivity index (χ0) is 9.40. The number of carbonyl (C=O) groups is 1. The zero-order valence-corrected chi connectivity index (χ0v) is 8.18. The second-order valence-corrected chi connectivity index (χ2v) is 2.37. The van der Waals surface area contributed by atoms with Gasteiger partial charge in [0.2, 0.25) is 0 Å². The van der Waals surface area contributed by atoms with Crippen LogP contribution in [0.15, 0.2) is 0 Å². The fourth-order valence-electron chi connectivity index (χ4n) is 1.11. The molecular weight excluding hydrogens is 150 g/mol. The molecule has 1 rings (SSSR count). The lowest BCUT2D eigenvalue weighted by Gasteiger charge is -2.09. The standard InChI is InChI=1S/C8H11NO.C2H6/c1-2-5-8(10)9-6-3-4-7-9;1-2/h3-4,6-7H2,1H3;1-2H3. The minimum absolute atomic E-state index is 0.0139. The number of hydrogen-bond donors (Lipinski definition) is 0. The Kier molecular flexibility index (Phi) is 6.18. The van der Waals surface area contributed by atoms with E-state index in [1.165, 1.54) is 0 Å². The molecule has 2 heteroatoms. The number of amides is 1. The summed E-state index contributed by atoms with van der Waals surface area (Å²) in [5, 5.41) is 0. The minimum atomic E-state index is -0.0139. The van der Waals surface area contributed by atoms with Crippen molar-refractivity contribution in [2.75, 3.05) is 13.1 Å². The van der Waals surface area contributed by atoms with Gasteiger partial charge in [-0.15, -0.1) is 0 Å². The second kappa shape index (κ2) is 6.72. The van der Waals surface area contributed by atoms with Crippen LogP contribution < -0.4 is 0 Å². The molecule has 0 atom stereocenters. The molecule has 1 heterocycles. The van der Waals surface area contributed by atoms with Crippen LogP contribution in [0.4, 0.5) is 0 Å². The number of hydrogen-bond acceptors (Lipinski definition) is 1. The largest absolute Gasteiger partial charge is 0.332 e. The predicted molar refractivity (Wildman–Crippen MR) is 50.6 cm³/mol. The van der Waals surface area contributed by atoms with E-state index in [1.807, 2.05) is 13.8 Å². The number of likely N-dealkylation sites (tertiary alicyclic amines) is 1. The lowest BCUT2D eigenvalue weighted by Crippen LogP contribution is -2.25. The van der Waals surface area contributed by atoms with Gasteiger partial charge in [0, 0.05) is 13.1 Å². The van der Waals surface area contributed by atoms with Gasteiger partial charge in [-0.2, -0.15) is 0 Å². The van der Waals surface area contributed by atoms with Crippen LogP contribution in [0, 0.1) is 11.8 Å². The van der Waals surface area contributed by atoms with E-state index in [-0.39, 0.29) is 5.91 Å². The van der Waals surface area contributed by atoms with Crippen LogP contribution >= 0.6 is 0 Å². The normalized spacial score (nSPS) is 14.1. The van der Waals surface area contributed by atoms with E-state index < -0.39 is 0 Å². The third kappa shape index (κ3) is 3.43. The van der Waals surface area contributed by atoms with E-state index in [1.54, 1.807) is 11.8 Å². The van der Waals surface area contributed by atoms with Crippen molar-refractivity contribution in [1.29, 1.82) is 0 Å². The summed E-state index contributed by atoms with van der Waals surface area (Å²) >= 11 is 0. The SMILES string of the molecule is CC.CC#CC(=O)N1CCCC1. The maximum absolute atomic E-state index is 11.0. The van der Waals surface area contributed by atoms with E-state index in [0.29, 0.717) is 0 Å². The summed E-state index contributed by atoms with van der Waals surface area (Å²) in [5.74, 6) is 5.11. The van der Waals surface area contributed by atoms with Crippen molar-refractivity contribution in [3.05, 3.63) is 0 Å². The lowest BCUT2D eigenvalue weighted by molar-refractivity contribution is -0.124. The highest BCUT2D eigenvalue weighted by molar-refractivity contribution is 5.93. The van der Waals surface area contributed by atoms with Crippen LogP contribution in [0.5, 0.6) is 0 Å². The summed E-state index contributed by atoms with van der Waals surface area (Å²) in [4.78, 5) is 12.8. The van der Waals surface area contributed by atoms with Gasteiger partial charge in [0.25, 0.3) is 5.91 Å². The predicted octanol–water partition coefficient (Wildman–Crippen LogP) is 1.66. The van der Waals surface area contributed by atoms with Gasteiger partial charge in [-0.1, -0.05) is 19.8 Å². The van der Waals surface area contributed by atoms with Crippen molar-refractivity contribution in [1.82, 2.24) is 4.90 Å².